The second-order valence-corrected chi connectivity index (χ2v) is 12.8. The van der Waals surface area contributed by atoms with Crippen molar-refractivity contribution in [2.45, 2.75) is 0 Å². The van der Waals surface area contributed by atoms with E-state index in [1.165, 1.54) is 32.9 Å². The number of fused-ring (bicyclic) bond motifs is 6. The Hall–Kier alpha value is -6.91. The highest BCUT2D eigenvalue weighted by atomic mass is 16.3. The van der Waals surface area contributed by atoms with Crippen molar-refractivity contribution < 1.29 is 4.42 Å². The lowest BCUT2D eigenvalue weighted by molar-refractivity contribution is 0.620. The van der Waals surface area contributed by atoms with Crippen LogP contribution in [-0.2, 0) is 0 Å². The largest absolute Gasteiger partial charge is 0.436 e. The van der Waals surface area contributed by atoms with Gasteiger partial charge in [-0.25, -0.2) is 4.98 Å². The summed E-state index contributed by atoms with van der Waals surface area (Å²) in [5.41, 5.74) is 11.6. The fourth-order valence-electron chi connectivity index (χ4n) is 7.38. The third-order valence-electron chi connectivity index (χ3n) is 9.80. The van der Waals surface area contributed by atoms with Crippen LogP contribution in [0.4, 0.5) is 17.1 Å². The molecule has 0 unspecified atom stereocenters. The number of nitrogens with zero attached hydrogens (tertiary/aromatic N) is 3. The quantitative estimate of drug-likeness (QED) is 0.179. The van der Waals surface area contributed by atoms with Crippen molar-refractivity contribution in [3.8, 4) is 28.3 Å². The molecule has 240 valence electrons. The smallest absolute Gasteiger partial charge is 0.227 e. The lowest BCUT2D eigenvalue weighted by Gasteiger charge is -2.26. The zero-order valence-electron chi connectivity index (χ0n) is 27.6. The number of anilines is 3. The summed E-state index contributed by atoms with van der Waals surface area (Å²) in [6.07, 6.45) is 0. The van der Waals surface area contributed by atoms with Crippen LogP contribution in [0.15, 0.2) is 192 Å². The highest BCUT2D eigenvalue weighted by Crippen LogP contribution is 2.42. The lowest BCUT2D eigenvalue weighted by atomic mass is 10.0. The number of para-hydroxylation sites is 2. The fraction of sp³-hybridized carbons (Fsp3) is 0. The molecule has 0 atom stereocenters. The standard InChI is InChI=1S/C47H31N3O/c1-4-12-32(13-5-1)33-20-24-37(25-21-33)49(38-26-22-34-23-29-45-46(41(34)30-38)48-47(51-45)35-14-6-2-7-15-35)39-27-28-44-42(31-39)40-18-10-11-19-43(40)50(44)36-16-8-3-9-17-36/h1-31H. The van der Waals surface area contributed by atoms with Crippen LogP contribution in [0, 0.1) is 0 Å². The van der Waals surface area contributed by atoms with Crippen molar-refractivity contribution in [3.05, 3.63) is 188 Å². The van der Waals surface area contributed by atoms with Gasteiger partial charge in [0.05, 0.1) is 11.0 Å². The number of rotatable bonds is 6. The van der Waals surface area contributed by atoms with E-state index >= 15 is 0 Å². The maximum atomic E-state index is 6.29. The van der Waals surface area contributed by atoms with Gasteiger partial charge in [-0.15, -0.1) is 0 Å². The molecule has 0 N–H and O–H groups in total. The first-order chi connectivity index (χ1) is 25.3. The van der Waals surface area contributed by atoms with E-state index in [2.05, 4.69) is 161 Å². The van der Waals surface area contributed by atoms with Crippen molar-refractivity contribution >= 4 is 60.7 Å². The summed E-state index contributed by atoms with van der Waals surface area (Å²) < 4.78 is 8.64. The molecule has 0 aliphatic carbocycles. The maximum Gasteiger partial charge on any atom is 0.227 e. The molecule has 0 spiro atoms. The van der Waals surface area contributed by atoms with Crippen LogP contribution in [0.3, 0.4) is 0 Å². The topological polar surface area (TPSA) is 34.2 Å². The fourth-order valence-corrected chi connectivity index (χ4v) is 7.38. The van der Waals surface area contributed by atoms with E-state index in [0.29, 0.717) is 5.89 Å². The van der Waals surface area contributed by atoms with Crippen molar-refractivity contribution in [3.63, 3.8) is 0 Å². The molecule has 8 aromatic carbocycles. The summed E-state index contributed by atoms with van der Waals surface area (Å²) in [5.74, 6) is 0.622. The van der Waals surface area contributed by atoms with Crippen molar-refractivity contribution in [1.29, 1.82) is 0 Å². The average Bonchev–Trinajstić information content (AvgIpc) is 3.79. The van der Waals surface area contributed by atoms with Crippen molar-refractivity contribution in [2.75, 3.05) is 4.90 Å². The summed E-state index contributed by atoms with van der Waals surface area (Å²) in [6.45, 7) is 0. The molecular formula is C47H31N3O. The SMILES string of the molecule is c1ccc(-c2ccc(N(c3ccc4ccc5oc(-c6ccccc6)nc5c4c3)c3ccc4c(c3)c3ccccc3n4-c3ccccc3)cc2)cc1. The van der Waals surface area contributed by atoms with E-state index in [0.717, 1.165) is 50.2 Å². The first kappa shape index (κ1) is 29.0. The first-order valence-electron chi connectivity index (χ1n) is 17.2. The molecule has 0 radical (unpaired) electrons. The molecule has 0 amide bonds. The minimum absolute atomic E-state index is 0.622. The molecule has 0 bridgehead atoms. The number of hydrogen-bond donors (Lipinski definition) is 0. The Morgan fingerprint density at radius 3 is 1.76 bits per heavy atom. The summed E-state index contributed by atoms with van der Waals surface area (Å²) in [7, 11) is 0. The van der Waals surface area contributed by atoms with Crippen LogP contribution in [-0.4, -0.2) is 9.55 Å². The summed E-state index contributed by atoms with van der Waals surface area (Å²) in [4.78, 5) is 7.37. The van der Waals surface area contributed by atoms with Crippen LogP contribution in [0.25, 0.3) is 71.9 Å². The molecule has 0 saturated heterocycles. The van der Waals surface area contributed by atoms with Crippen LogP contribution >= 0.6 is 0 Å². The lowest BCUT2D eigenvalue weighted by Crippen LogP contribution is -2.10. The Balaban J connectivity index is 1.18. The predicted octanol–water partition coefficient (Wildman–Crippen LogP) is 12.9. The molecule has 0 aliphatic rings. The van der Waals surface area contributed by atoms with Gasteiger partial charge in [-0.2, -0.15) is 0 Å². The van der Waals surface area contributed by atoms with Gasteiger partial charge in [0.1, 0.15) is 5.52 Å². The molecule has 4 heteroatoms. The third kappa shape index (κ3) is 4.96. The Bertz CT molecular complexity index is 2840. The maximum absolute atomic E-state index is 6.29. The molecule has 0 aliphatic heterocycles. The van der Waals surface area contributed by atoms with Gasteiger partial charge in [0, 0.05) is 44.5 Å². The van der Waals surface area contributed by atoms with Crippen LogP contribution in [0.2, 0.25) is 0 Å². The number of benzene rings is 8. The van der Waals surface area contributed by atoms with Crippen LogP contribution < -0.4 is 4.90 Å². The first-order valence-corrected chi connectivity index (χ1v) is 17.2. The minimum Gasteiger partial charge on any atom is -0.436 e. The van der Waals surface area contributed by atoms with E-state index in [9.17, 15) is 0 Å². The summed E-state index contributed by atoms with van der Waals surface area (Å²) >= 11 is 0. The molecule has 2 aromatic heterocycles. The zero-order valence-corrected chi connectivity index (χ0v) is 27.6. The van der Waals surface area contributed by atoms with Gasteiger partial charge in [0.2, 0.25) is 5.89 Å². The highest BCUT2D eigenvalue weighted by molar-refractivity contribution is 6.11. The van der Waals surface area contributed by atoms with Crippen molar-refractivity contribution in [2.24, 2.45) is 0 Å². The van der Waals surface area contributed by atoms with E-state index in [1.807, 2.05) is 36.4 Å². The summed E-state index contributed by atoms with van der Waals surface area (Å²) in [5, 5.41) is 4.57. The van der Waals surface area contributed by atoms with Crippen LogP contribution in [0.5, 0.6) is 0 Å². The van der Waals surface area contributed by atoms with E-state index in [4.69, 9.17) is 9.40 Å². The van der Waals surface area contributed by atoms with Crippen molar-refractivity contribution in [1.82, 2.24) is 9.55 Å². The van der Waals surface area contributed by atoms with Gasteiger partial charge in [0.25, 0.3) is 0 Å². The Kier molecular flexibility index (Phi) is 6.78. The van der Waals surface area contributed by atoms with E-state index in [1.54, 1.807) is 0 Å². The molecule has 0 fully saturated rings. The monoisotopic (exact) mass is 653 g/mol. The molecule has 10 aromatic rings. The zero-order chi connectivity index (χ0) is 33.7. The van der Waals surface area contributed by atoms with Gasteiger partial charge >= 0.3 is 0 Å². The van der Waals surface area contributed by atoms with Gasteiger partial charge in [-0.1, -0.05) is 109 Å². The Morgan fingerprint density at radius 2 is 1.00 bits per heavy atom. The number of hydrogen-bond acceptors (Lipinski definition) is 3. The van der Waals surface area contributed by atoms with Gasteiger partial charge < -0.3 is 13.9 Å². The van der Waals surface area contributed by atoms with Gasteiger partial charge in [-0.3, -0.25) is 0 Å². The second-order valence-electron chi connectivity index (χ2n) is 12.8. The second kappa shape index (κ2) is 11.9. The number of oxazole rings is 1. The van der Waals surface area contributed by atoms with E-state index < -0.39 is 0 Å². The number of aromatic nitrogens is 2. The molecule has 2 heterocycles. The Morgan fingerprint density at radius 1 is 0.431 bits per heavy atom. The predicted molar refractivity (Wildman–Crippen MR) is 211 cm³/mol. The molecular weight excluding hydrogens is 623 g/mol. The van der Waals surface area contributed by atoms with E-state index in [-0.39, 0.29) is 0 Å². The summed E-state index contributed by atoms with van der Waals surface area (Å²) in [6, 6.07) is 66.3. The highest BCUT2D eigenvalue weighted by Gasteiger charge is 2.19. The molecule has 0 saturated carbocycles. The normalized spacial score (nSPS) is 11.5. The molecule has 10 rings (SSSR count). The third-order valence-corrected chi connectivity index (χ3v) is 9.80. The molecule has 51 heavy (non-hydrogen) atoms. The van der Waals surface area contributed by atoms with Gasteiger partial charge in [0.15, 0.2) is 5.58 Å². The average molecular weight is 654 g/mol. The Labute approximate surface area is 295 Å². The van der Waals surface area contributed by atoms with Crippen LogP contribution in [0.1, 0.15) is 0 Å². The van der Waals surface area contributed by atoms with Gasteiger partial charge in [-0.05, 0) is 95.4 Å². The molecule has 4 nitrogen and oxygen atoms in total. The minimum atomic E-state index is 0.622.